The quantitative estimate of drug-likeness (QED) is 0.695. The van der Waals surface area contributed by atoms with E-state index in [1.54, 1.807) is 23.5 Å². The van der Waals surface area contributed by atoms with E-state index in [0.29, 0.717) is 0 Å². The summed E-state index contributed by atoms with van der Waals surface area (Å²) in [4.78, 5) is 0. The molecular weight excluding hydrogens is 207 g/mol. The van der Waals surface area contributed by atoms with E-state index in [9.17, 15) is 0 Å². The van der Waals surface area contributed by atoms with Crippen LogP contribution in [-0.2, 0) is 0 Å². The van der Waals surface area contributed by atoms with Gasteiger partial charge in [0, 0.05) is 0 Å². The van der Waals surface area contributed by atoms with Gasteiger partial charge in [-0.3, -0.25) is 0 Å². The number of halogens is 2. The third-order valence-electron chi connectivity index (χ3n) is 0.697. The van der Waals surface area contributed by atoms with Gasteiger partial charge >= 0.3 is 0 Å². The van der Waals surface area contributed by atoms with Crippen molar-refractivity contribution >= 4 is 46.7 Å². The van der Waals surface area contributed by atoms with Crippen molar-refractivity contribution in [1.29, 1.82) is 0 Å². The summed E-state index contributed by atoms with van der Waals surface area (Å²) >= 11 is 14.7. The van der Waals surface area contributed by atoms with E-state index in [1.165, 1.54) is 0 Å². The van der Waals surface area contributed by atoms with Gasteiger partial charge in [0.2, 0.25) is 0 Å². The van der Waals surface area contributed by atoms with Gasteiger partial charge in [0.25, 0.3) is 0 Å². The van der Waals surface area contributed by atoms with E-state index >= 15 is 0 Å². The highest BCUT2D eigenvalue weighted by molar-refractivity contribution is 8.08. The van der Waals surface area contributed by atoms with E-state index in [4.69, 9.17) is 23.2 Å². The lowest BCUT2D eigenvalue weighted by molar-refractivity contribution is 1.53. The van der Waals surface area contributed by atoms with Gasteiger partial charge in [-0.1, -0.05) is 37.0 Å². The minimum Gasteiger partial charge on any atom is -0.112 e. The zero-order valence-electron chi connectivity index (χ0n) is 5.99. The first-order valence-electron chi connectivity index (χ1n) is 3.03. The van der Waals surface area contributed by atoms with Crippen LogP contribution in [0.3, 0.4) is 0 Å². The Morgan fingerprint density at radius 3 is 1.50 bits per heavy atom. The van der Waals surface area contributed by atoms with Gasteiger partial charge in [-0.15, -0.1) is 23.5 Å². The smallest absolute Gasteiger partial charge is 0.0986 e. The lowest BCUT2D eigenvalue weighted by Crippen LogP contribution is -1.71. The number of hydrogen-bond donors (Lipinski definition) is 0. The van der Waals surface area contributed by atoms with Crippen LogP contribution in [0.25, 0.3) is 0 Å². The monoisotopic (exact) mass is 216 g/mol. The van der Waals surface area contributed by atoms with Crippen LogP contribution in [0.1, 0.15) is 13.8 Å². The van der Waals surface area contributed by atoms with E-state index < -0.39 is 0 Å². The summed E-state index contributed by atoms with van der Waals surface area (Å²) in [5.41, 5.74) is 0. The summed E-state index contributed by atoms with van der Waals surface area (Å²) in [6.07, 6.45) is 0. The summed E-state index contributed by atoms with van der Waals surface area (Å²) in [5, 5.41) is 0. The fourth-order valence-electron chi connectivity index (χ4n) is 0.367. The van der Waals surface area contributed by atoms with Gasteiger partial charge in [-0.25, -0.2) is 0 Å². The standard InChI is InChI=1S/C6H10Cl2S2/c1-3-9-5(7)6(8)10-4-2/h3-4H2,1-2H3. The van der Waals surface area contributed by atoms with Crippen molar-refractivity contribution in [1.82, 2.24) is 0 Å². The fourth-order valence-corrected chi connectivity index (χ4v) is 2.44. The summed E-state index contributed by atoms with van der Waals surface area (Å²) in [7, 11) is 0. The molecule has 0 radical (unpaired) electrons. The van der Waals surface area contributed by atoms with Crippen LogP contribution in [0, 0.1) is 0 Å². The van der Waals surface area contributed by atoms with Crippen LogP contribution >= 0.6 is 46.7 Å². The molecule has 0 N–H and O–H groups in total. The molecule has 0 unspecified atom stereocenters. The van der Waals surface area contributed by atoms with Crippen molar-refractivity contribution in [2.45, 2.75) is 13.8 Å². The molecule has 0 fully saturated rings. The maximum Gasteiger partial charge on any atom is 0.0986 e. The first kappa shape index (κ1) is 11.0. The van der Waals surface area contributed by atoms with E-state index in [1.807, 2.05) is 13.8 Å². The van der Waals surface area contributed by atoms with Gasteiger partial charge in [-0.2, -0.15) is 0 Å². The Morgan fingerprint density at radius 1 is 1.00 bits per heavy atom. The molecule has 0 atom stereocenters. The van der Waals surface area contributed by atoms with Gasteiger partial charge in [0.05, 0.1) is 8.73 Å². The van der Waals surface area contributed by atoms with Gasteiger partial charge < -0.3 is 0 Å². The molecule has 0 aliphatic rings. The number of thioether (sulfide) groups is 2. The molecule has 0 aromatic carbocycles. The Balaban J connectivity index is 3.79. The van der Waals surface area contributed by atoms with Crippen LogP contribution in [0.2, 0.25) is 0 Å². The normalized spacial score (nSPS) is 13.2. The second kappa shape index (κ2) is 6.71. The molecule has 0 nitrogen and oxygen atoms in total. The van der Waals surface area contributed by atoms with Gasteiger partial charge in [-0.05, 0) is 11.5 Å². The molecule has 0 heterocycles. The molecule has 0 amide bonds. The highest BCUT2D eigenvalue weighted by atomic mass is 35.5. The van der Waals surface area contributed by atoms with Crippen LogP contribution in [-0.4, -0.2) is 11.5 Å². The summed E-state index contributed by atoms with van der Waals surface area (Å²) in [6, 6.07) is 0. The van der Waals surface area contributed by atoms with E-state index in [0.717, 1.165) is 20.2 Å². The molecule has 60 valence electrons. The fraction of sp³-hybridized carbons (Fsp3) is 0.667. The average molecular weight is 217 g/mol. The van der Waals surface area contributed by atoms with Crippen molar-refractivity contribution in [3.8, 4) is 0 Å². The lowest BCUT2D eigenvalue weighted by Gasteiger charge is -1.98. The van der Waals surface area contributed by atoms with Crippen LogP contribution in [0.4, 0.5) is 0 Å². The van der Waals surface area contributed by atoms with Gasteiger partial charge in [0.15, 0.2) is 0 Å². The molecule has 0 saturated carbocycles. The molecule has 0 spiro atoms. The van der Waals surface area contributed by atoms with Crippen molar-refractivity contribution in [2.75, 3.05) is 11.5 Å². The maximum absolute atomic E-state index is 5.80. The Hall–Kier alpha value is 1.02. The number of rotatable bonds is 4. The van der Waals surface area contributed by atoms with Crippen LogP contribution in [0.5, 0.6) is 0 Å². The van der Waals surface area contributed by atoms with Crippen molar-refractivity contribution in [2.24, 2.45) is 0 Å². The summed E-state index contributed by atoms with van der Waals surface area (Å²) < 4.78 is 1.44. The highest BCUT2D eigenvalue weighted by Crippen LogP contribution is 2.32. The SMILES string of the molecule is CCSC(Cl)=C(Cl)SCC. The van der Waals surface area contributed by atoms with Crippen LogP contribution < -0.4 is 0 Å². The minimum absolute atomic E-state index is 0.719. The predicted molar refractivity (Wildman–Crippen MR) is 55.0 cm³/mol. The third kappa shape index (κ3) is 4.78. The molecule has 10 heavy (non-hydrogen) atoms. The number of hydrogen-bond acceptors (Lipinski definition) is 2. The molecule has 0 aliphatic carbocycles. The molecule has 0 rings (SSSR count). The van der Waals surface area contributed by atoms with Crippen molar-refractivity contribution < 1.29 is 0 Å². The van der Waals surface area contributed by atoms with Gasteiger partial charge in [0.1, 0.15) is 0 Å². The Kier molecular flexibility index (Phi) is 7.40. The molecule has 0 bridgehead atoms. The second-order valence-electron chi connectivity index (χ2n) is 1.41. The summed E-state index contributed by atoms with van der Waals surface area (Å²) in [6.45, 7) is 4.10. The zero-order valence-corrected chi connectivity index (χ0v) is 9.13. The Morgan fingerprint density at radius 2 is 1.30 bits per heavy atom. The summed E-state index contributed by atoms with van der Waals surface area (Å²) in [5.74, 6) is 1.94. The average Bonchev–Trinajstić information content (AvgIpc) is 1.89. The molecule has 0 aliphatic heterocycles. The Labute approximate surface area is 80.7 Å². The molecule has 0 aromatic heterocycles. The predicted octanol–water partition coefficient (Wildman–Crippen LogP) is 4.10. The van der Waals surface area contributed by atoms with Crippen molar-refractivity contribution in [3.63, 3.8) is 0 Å². The molecule has 0 aromatic rings. The topological polar surface area (TPSA) is 0 Å². The second-order valence-corrected chi connectivity index (χ2v) is 5.17. The molecule has 0 saturated heterocycles. The molecule has 4 heteroatoms. The van der Waals surface area contributed by atoms with E-state index in [2.05, 4.69) is 0 Å². The Bertz CT molecular complexity index is 109. The maximum atomic E-state index is 5.80. The van der Waals surface area contributed by atoms with E-state index in [-0.39, 0.29) is 0 Å². The third-order valence-corrected chi connectivity index (χ3v) is 3.67. The highest BCUT2D eigenvalue weighted by Gasteiger charge is 1.99. The first-order chi connectivity index (χ1) is 4.72. The first-order valence-corrected chi connectivity index (χ1v) is 5.75. The van der Waals surface area contributed by atoms with Crippen LogP contribution in [0.15, 0.2) is 8.73 Å². The minimum atomic E-state index is 0.719. The van der Waals surface area contributed by atoms with Crippen molar-refractivity contribution in [3.05, 3.63) is 8.73 Å². The lowest BCUT2D eigenvalue weighted by atomic mass is 11.0. The largest absolute Gasteiger partial charge is 0.112 e. The molecular formula is C6H10Cl2S2. The zero-order chi connectivity index (χ0) is 7.98.